The fourth-order valence-electron chi connectivity index (χ4n) is 1.18. The van der Waals surface area contributed by atoms with E-state index in [1.807, 2.05) is 14.1 Å². The molecule has 2 heteroatoms. The minimum Gasteiger partial charge on any atom is -0.319 e. The minimum atomic E-state index is 0.395. The van der Waals surface area contributed by atoms with E-state index in [2.05, 4.69) is 31.4 Å². The Morgan fingerprint density at radius 1 is 1.00 bits per heavy atom. The zero-order valence-electron chi connectivity index (χ0n) is 8.49. The summed E-state index contributed by atoms with van der Waals surface area (Å²) in [6.07, 6.45) is 0. The third-order valence-corrected chi connectivity index (χ3v) is 2.13. The van der Waals surface area contributed by atoms with E-state index in [-0.39, 0.29) is 0 Å². The summed E-state index contributed by atoms with van der Waals surface area (Å²) in [4.78, 5) is 0. The highest BCUT2D eigenvalue weighted by molar-refractivity contribution is 4.76. The average molecular weight is 158 g/mol. The molecule has 0 spiro atoms. The van der Waals surface area contributed by atoms with Crippen LogP contribution >= 0.6 is 0 Å². The quantitative estimate of drug-likeness (QED) is 0.640. The average Bonchev–Trinajstić information content (AvgIpc) is 1.85. The fourth-order valence-corrected chi connectivity index (χ4v) is 1.18. The van der Waals surface area contributed by atoms with E-state index < -0.39 is 0 Å². The summed E-state index contributed by atoms with van der Waals surface area (Å²) in [6.45, 7) is 9.03. The Morgan fingerprint density at radius 3 is 1.55 bits per heavy atom. The second-order valence-electron chi connectivity index (χ2n) is 4.18. The molecule has 0 atom stereocenters. The van der Waals surface area contributed by atoms with Crippen LogP contribution in [0, 0.1) is 11.3 Å². The van der Waals surface area contributed by atoms with Crippen LogP contribution in [0.2, 0.25) is 0 Å². The van der Waals surface area contributed by atoms with Crippen LogP contribution in [0.5, 0.6) is 0 Å². The van der Waals surface area contributed by atoms with Crippen LogP contribution in [0.25, 0.3) is 0 Å². The number of hydrogen-bond acceptors (Lipinski definition) is 2. The van der Waals surface area contributed by atoms with E-state index in [0.717, 1.165) is 13.1 Å². The first kappa shape index (κ1) is 10.9. The minimum absolute atomic E-state index is 0.395. The highest BCUT2D eigenvalue weighted by atomic mass is 14.9. The first-order chi connectivity index (χ1) is 5.02. The summed E-state index contributed by atoms with van der Waals surface area (Å²) < 4.78 is 0. The smallest absolute Gasteiger partial charge is 0.000636 e. The highest BCUT2D eigenvalue weighted by Gasteiger charge is 2.22. The summed E-state index contributed by atoms with van der Waals surface area (Å²) in [5.74, 6) is 0.706. The summed E-state index contributed by atoms with van der Waals surface area (Å²) in [5, 5.41) is 6.44. The number of hydrogen-bond donors (Lipinski definition) is 2. The van der Waals surface area contributed by atoms with Gasteiger partial charge >= 0.3 is 0 Å². The van der Waals surface area contributed by atoms with Gasteiger partial charge in [-0.05, 0) is 38.5 Å². The lowest BCUT2D eigenvalue weighted by atomic mass is 9.80. The third-order valence-electron chi connectivity index (χ3n) is 2.13. The first-order valence-electron chi connectivity index (χ1n) is 4.31. The van der Waals surface area contributed by atoms with E-state index in [0.29, 0.717) is 11.3 Å². The predicted octanol–water partition coefficient (Wildman–Crippen LogP) is 1.09. The molecule has 2 N–H and O–H groups in total. The molecular weight excluding hydrogens is 136 g/mol. The van der Waals surface area contributed by atoms with E-state index >= 15 is 0 Å². The molecule has 0 saturated carbocycles. The molecule has 0 bridgehead atoms. The largest absolute Gasteiger partial charge is 0.319 e. The molecule has 0 radical (unpaired) electrons. The van der Waals surface area contributed by atoms with Crippen molar-refractivity contribution in [3.63, 3.8) is 0 Å². The van der Waals surface area contributed by atoms with E-state index in [9.17, 15) is 0 Å². The van der Waals surface area contributed by atoms with Crippen molar-refractivity contribution < 1.29 is 0 Å². The molecule has 0 aliphatic heterocycles. The van der Waals surface area contributed by atoms with Crippen molar-refractivity contribution in [1.29, 1.82) is 0 Å². The Labute approximate surface area is 70.8 Å². The van der Waals surface area contributed by atoms with E-state index in [4.69, 9.17) is 0 Å². The van der Waals surface area contributed by atoms with Crippen molar-refractivity contribution in [2.45, 2.75) is 20.8 Å². The zero-order valence-corrected chi connectivity index (χ0v) is 8.49. The summed E-state index contributed by atoms with van der Waals surface area (Å²) >= 11 is 0. The van der Waals surface area contributed by atoms with Gasteiger partial charge in [0.25, 0.3) is 0 Å². The van der Waals surface area contributed by atoms with Gasteiger partial charge in [-0.3, -0.25) is 0 Å². The summed E-state index contributed by atoms with van der Waals surface area (Å²) in [5.41, 5.74) is 0.395. The van der Waals surface area contributed by atoms with Crippen LogP contribution in [0.3, 0.4) is 0 Å². The summed E-state index contributed by atoms with van der Waals surface area (Å²) in [7, 11) is 4.02. The normalized spacial score (nSPS) is 12.5. The van der Waals surface area contributed by atoms with Crippen LogP contribution in [-0.2, 0) is 0 Å². The maximum Gasteiger partial charge on any atom is -0.000636 e. The molecule has 0 aromatic heterocycles. The van der Waals surface area contributed by atoms with Gasteiger partial charge in [-0.15, -0.1) is 0 Å². The third kappa shape index (κ3) is 4.38. The lowest BCUT2D eigenvalue weighted by molar-refractivity contribution is 0.233. The van der Waals surface area contributed by atoms with Crippen molar-refractivity contribution in [3.8, 4) is 0 Å². The molecule has 0 amide bonds. The van der Waals surface area contributed by atoms with Gasteiger partial charge in [0.15, 0.2) is 0 Å². The molecule has 2 nitrogen and oxygen atoms in total. The van der Waals surface area contributed by atoms with E-state index in [1.54, 1.807) is 0 Å². The maximum absolute atomic E-state index is 3.22. The molecule has 0 aliphatic rings. The molecule has 11 heavy (non-hydrogen) atoms. The monoisotopic (exact) mass is 158 g/mol. The maximum atomic E-state index is 3.22. The number of nitrogens with one attached hydrogen (secondary N) is 2. The first-order valence-corrected chi connectivity index (χ1v) is 4.31. The van der Waals surface area contributed by atoms with Crippen molar-refractivity contribution in [2.75, 3.05) is 27.2 Å². The molecule has 0 saturated heterocycles. The fraction of sp³-hybridized carbons (Fsp3) is 1.00. The lowest BCUT2D eigenvalue weighted by Crippen LogP contribution is -2.36. The molecule has 0 aromatic carbocycles. The molecule has 0 rings (SSSR count). The van der Waals surface area contributed by atoms with Gasteiger partial charge in [-0.25, -0.2) is 0 Å². The second-order valence-corrected chi connectivity index (χ2v) is 4.18. The Bertz CT molecular complexity index is 88.2. The Kier molecular flexibility index (Phi) is 4.69. The predicted molar refractivity (Wildman–Crippen MR) is 50.8 cm³/mol. The molecule has 0 unspecified atom stereocenters. The van der Waals surface area contributed by atoms with Gasteiger partial charge in [0.1, 0.15) is 0 Å². The molecule has 0 heterocycles. The lowest BCUT2D eigenvalue weighted by Gasteiger charge is -2.30. The van der Waals surface area contributed by atoms with Crippen LogP contribution in [0.4, 0.5) is 0 Å². The molecule has 0 fully saturated rings. The van der Waals surface area contributed by atoms with Gasteiger partial charge in [0.05, 0.1) is 0 Å². The van der Waals surface area contributed by atoms with Gasteiger partial charge in [0.2, 0.25) is 0 Å². The van der Waals surface area contributed by atoms with Crippen molar-refractivity contribution >= 4 is 0 Å². The Hall–Kier alpha value is -0.0800. The standard InChI is InChI=1S/C9H22N2/c1-9(2,3)8(6-10-4)7-11-5/h8,10-11H,6-7H2,1-5H3. The van der Waals surface area contributed by atoms with Crippen molar-refractivity contribution in [1.82, 2.24) is 10.6 Å². The molecule has 0 aromatic rings. The van der Waals surface area contributed by atoms with Crippen LogP contribution in [0.15, 0.2) is 0 Å². The van der Waals surface area contributed by atoms with Gasteiger partial charge in [0, 0.05) is 0 Å². The van der Waals surface area contributed by atoms with Gasteiger partial charge in [-0.1, -0.05) is 20.8 Å². The van der Waals surface area contributed by atoms with Crippen molar-refractivity contribution in [3.05, 3.63) is 0 Å². The van der Waals surface area contributed by atoms with Crippen LogP contribution < -0.4 is 10.6 Å². The summed E-state index contributed by atoms with van der Waals surface area (Å²) in [6, 6.07) is 0. The Balaban J connectivity index is 3.88. The molecular formula is C9H22N2. The second kappa shape index (κ2) is 4.73. The highest BCUT2D eigenvalue weighted by Crippen LogP contribution is 2.24. The topological polar surface area (TPSA) is 24.1 Å². The Morgan fingerprint density at radius 2 is 1.36 bits per heavy atom. The van der Waals surface area contributed by atoms with Crippen LogP contribution in [0.1, 0.15) is 20.8 Å². The van der Waals surface area contributed by atoms with Crippen molar-refractivity contribution in [2.24, 2.45) is 11.3 Å². The van der Waals surface area contributed by atoms with Gasteiger partial charge in [-0.2, -0.15) is 0 Å². The molecule has 0 aliphatic carbocycles. The SMILES string of the molecule is CNCC(CNC)C(C)(C)C. The zero-order chi connectivity index (χ0) is 8.91. The molecule has 68 valence electrons. The van der Waals surface area contributed by atoms with Crippen LogP contribution in [-0.4, -0.2) is 27.2 Å². The van der Waals surface area contributed by atoms with Gasteiger partial charge < -0.3 is 10.6 Å². The van der Waals surface area contributed by atoms with E-state index in [1.165, 1.54) is 0 Å². The number of rotatable bonds is 4.